The summed E-state index contributed by atoms with van der Waals surface area (Å²) in [4.78, 5) is 27.9. The minimum Gasteiger partial charge on any atom is -0.341 e. The number of benzene rings is 1. The quantitative estimate of drug-likeness (QED) is 0.876. The van der Waals surface area contributed by atoms with Crippen LogP contribution < -0.4 is 5.32 Å². The minimum absolute atomic E-state index is 0.000519. The number of hydrogen-bond donors (Lipinski definition) is 1. The van der Waals surface area contributed by atoms with Crippen LogP contribution in [-0.4, -0.2) is 48.4 Å². The molecule has 3 amide bonds. The van der Waals surface area contributed by atoms with Gasteiger partial charge in [0, 0.05) is 39.6 Å². The van der Waals surface area contributed by atoms with Crippen LogP contribution in [0.15, 0.2) is 30.3 Å². The maximum Gasteiger partial charge on any atom is 0.317 e. The largest absolute Gasteiger partial charge is 0.341 e. The smallest absolute Gasteiger partial charge is 0.317 e. The Kier molecular flexibility index (Phi) is 6.44. The number of carbonyl (C=O) groups excluding carboxylic acids is 2. The number of urea groups is 1. The van der Waals surface area contributed by atoms with E-state index in [1.807, 2.05) is 49.2 Å². The maximum absolute atomic E-state index is 12.4. The van der Waals surface area contributed by atoms with Crippen LogP contribution in [0.25, 0.3) is 0 Å². The summed E-state index contributed by atoms with van der Waals surface area (Å²) in [5.74, 6) is 0.419. The van der Waals surface area contributed by atoms with Crippen LogP contribution in [0.1, 0.15) is 31.7 Å². The predicted octanol–water partition coefficient (Wildman–Crippen LogP) is 2.48. The highest BCUT2D eigenvalue weighted by molar-refractivity contribution is 5.77. The molecule has 1 fully saturated rings. The molecule has 0 aromatic heterocycles. The molecule has 0 saturated carbocycles. The van der Waals surface area contributed by atoms with Gasteiger partial charge < -0.3 is 15.1 Å². The van der Waals surface area contributed by atoms with Crippen LogP contribution in [0.3, 0.4) is 0 Å². The summed E-state index contributed by atoms with van der Waals surface area (Å²) < 4.78 is 0. The van der Waals surface area contributed by atoms with E-state index in [9.17, 15) is 9.59 Å². The normalized spacial score (nSPS) is 17.1. The highest BCUT2D eigenvalue weighted by atomic mass is 16.2. The highest BCUT2D eigenvalue weighted by Crippen LogP contribution is 2.20. The summed E-state index contributed by atoms with van der Waals surface area (Å²) in [5, 5.41) is 2.90. The second kappa shape index (κ2) is 8.56. The van der Waals surface area contributed by atoms with E-state index in [1.165, 1.54) is 0 Å². The predicted molar refractivity (Wildman–Crippen MR) is 90.9 cm³/mol. The topological polar surface area (TPSA) is 52.7 Å². The molecule has 0 spiro atoms. The molecule has 1 atom stereocenters. The van der Waals surface area contributed by atoms with Gasteiger partial charge in [-0.3, -0.25) is 4.79 Å². The van der Waals surface area contributed by atoms with Crippen molar-refractivity contribution < 1.29 is 9.59 Å². The second-order valence-corrected chi connectivity index (χ2v) is 6.27. The fourth-order valence-corrected chi connectivity index (χ4v) is 2.88. The number of likely N-dealkylation sites (tertiary alicyclic amines) is 1. The van der Waals surface area contributed by atoms with E-state index >= 15 is 0 Å². The SMILES string of the molecule is CCCNC(=O)N1CC[C@H](CC(=O)N(C)Cc2ccccc2)C1. The fraction of sp³-hybridized carbons (Fsp3) is 0.556. The van der Waals surface area contributed by atoms with E-state index in [4.69, 9.17) is 0 Å². The maximum atomic E-state index is 12.4. The van der Waals surface area contributed by atoms with E-state index in [0.717, 1.165) is 24.9 Å². The van der Waals surface area contributed by atoms with E-state index in [1.54, 1.807) is 4.90 Å². The highest BCUT2D eigenvalue weighted by Gasteiger charge is 2.28. The minimum atomic E-state index is -0.000519. The van der Waals surface area contributed by atoms with Crippen molar-refractivity contribution in [2.45, 2.75) is 32.7 Å². The average Bonchev–Trinajstić information content (AvgIpc) is 3.02. The molecule has 0 aliphatic carbocycles. The number of rotatable bonds is 6. The van der Waals surface area contributed by atoms with E-state index in [0.29, 0.717) is 26.1 Å². The molecule has 0 unspecified atom stereocenters. The lowest BCUT2D eigenvalue weighted by Crippen LogP contribution is -2.39. The van der Waals surface area contributed by atoms with Crippen LogP contribution in [0.4, 0.5) is 4.79 Å². The Morgan fingerprint density at radius 2 is 2.04 bits per heavy atom. The zero-order chi connectivity index (χ0) is 16.7. The van der Waals surface area contributed by atoms with Gasteiger partial charge in [0.25, 0.3) is 0 Å². The lowest BCUT2D eigenvalue weighted by atomic mass is 10.0. The molecule has 5 heteroatoms. The molecule has 1 aromatic rings. The van der Waals surface area contributed by atoms with Crippen molar-refractivity contribution in [2.24, 2.45) is 5.92 Å². The molecule has 1 saturated heterocycles. The van der Waals surface area contributed by atoms with E-state index in [-0.39, 0.29) is 17.9 Å². The van der Waals surface area contributed by atoms with Gasteiger partial charge in [0.15, 0.2) is 0 Å². The first kappa shape index (κ1) is 17.3. The lowest BCUT2D eigenvalue weighted by molar-refractivity contribution is -0.131. The van der Waals surface area contributed by atoms with Gasteiger partial charge in [-0.05, 0) is 24.3 Å². The number of hydrogen-bond acceptors (Lipinski definition) is 2. The van der Waals surface area contributed by atoms with Gasteiger partial charge >= 0.3 is 6.03 Å². The Balaban J connectivity index is 1.76. The molecule has 1 aliphatic heterocycles. The molecule has 1 aromatic carbocycles. The first-order valence-corrected chi connectivity index (χ1v) is 8.40. The number of nitrogens with one attached hydrogen (secondary N) is 1. The number of carbonyl (C=O) groups is 2. The van der Waals surface area contributed by atoms with E-state index < -0.39 is 0 Å². The summed E-state index contributed by atoms with van der Waals surface area (Å²) in [7, 11) is 1.84. The summed E-state index contributed by atoms with van der Waals surface area (Å²) in [6, 6.07) is 9.99. The van der Waals surface area contributed by atoms with Crippen molar-refractivity contribution in [3.05, 3.63) is 35.9 Å². The van der Waals surface area contributed by atoms with Crippen LogP contribution in [0.5, 0.6) is 0 Å². The Hall–Kier alpha value is -2.04. The zero-order valence-corrected chi connectivity index (χ0v) is 14.1. The van der Waals surface area contributed by atoms with Gasteiger partial charge in [-0.15, -0.1) is 0 Å². The molecule has 1 heterocycles. The molecule has 2 rings (SSSR count). The van der Waals surface area contributed by atoms with Crippen LogP contribution >= 0.6 is 0 Å². The lowest BCUT2D eigenvalue weighted by Gasteiger charge is -2.20. The molecular formula is C18H27N3O2. The van der Waals surface area contributed by atoms with Crippen molar-refractivity contribution in [2.75, 3.05) is 26.7 Å². The van der Waals surface area contributed by atoms with Gasteiger partial charge in [0.2, 0.25) is 5.91 Å². The molecule has 0 bridgehead atoms. The Labute approximate surface area is 138 Å². The molecule has 5 nitrogen and oxygen atoms in total. The van der Waals surface area contributed by atoms with Gasteiger partial charge in [0.05, 0.1) is 0 Å². The first-order chi connectivity index (χ1) is 11.1. The average molecular weight is 317 g/mol. The Morgan fingerprint density at radius 1 is 1.30 bits per heavy atom. The van der Waals surface area contributed by atoms with Crippen molar-refractivity contribution >= 4 is 11.9 Å². The van der Waals surface area contributed by atoms with Crippen LogP contribution in [0, 0.1) is 5.92 Å². The number of amides is 3. The third-order valence-electron chi connectivity index (χ3n) is 4.25. The summed E-state index contributed by atoms with van der Waals surface area (Å²) in [6.07, 6.45) is 2.36. The van der Waals surface area contributed by atoms with Crippen molar-refractivity contribution in [3.8, 4) is 0 Å². The summed E-state index contributed by atoms with van der Waals surface area (Å²) >= 11 is 0. The van der Waals surface area contributed by atoms with Gasteiger partial charge in [0.1, 0.15) is 0 Å². The van der Waals surface area contributed by atoms with Gasteiger partial charge in [-0.2, -0.15) is 0 Å². The third kappa shape index (κ3) is 5.27. The molecule has 1 aliphatic rings. The standard InChI is InChI=1S/C18H27N3O2/c1-3-10-19-18(23)21-11-9-16(14-21)12-17(22)20(2)13-15-7-5-4-6-8-15/h4-8,16H,3,9-14H2,1-2H3,(H,19,23)/t16-/m1/s1. The molecule has 23 heavy (non-hydrogen) atoms. The zero-order valence-electron chi connectivity index (χ0n) is 14.1. The van der Waals surface area contributed by atoms with E-state index in [2.05, 4.69) is 5.32 Å². The monoisotopic (exact) mass is 317 g/mol. The van der Waals surface area contributed by atoms with Crippen molar-refractivity contribution in [1.82, 2.24) is 15.1 Å². The third-order valence-corrected chi connectivity index (χ3v) is 4.25. The first-order valence-electron chi connectivity index (χ1n) is 8.40. The summed E-state index contributed by atoms with van der Waals surface area (Å²) in [5.41, 5.74) is 1.13. The molecule has 1 N–H and O–H groups in total. The summed E-state index contributed by atoms with van der Waals surface area (Å²) in [6.45, 7) is 4.80. The van der Waals surface area contributed by atoms with Crippen molar-refractivity contribution in [3.63, 3.8) is 0 Å². The Bertz CT molecular complexity index is 518. The molecule has 126 valence electrons. The van der Waals surface area contributed by atoms with Gasteiger partial charge in [-0.25, -0.2) is 4.79 Å². The van der Waals surface area contributed by atoms with Crippen LogP contribution in [-0.2, 0) is 11.3 Å². The van der Waals surface area contributed by atoms with Gasteiger partial charge in [-0.1, -0.05) is 37.3 Å². The van der Waals surface area contributed by atoms with Crippen LogP contribution in [0.2, 0.25) is 0 Å². The van der Waals surface area contributed by atoms with Crippen molar-refractivity contribution in [1.29, 1.82) is 0 Å². The second-order valence-electron chi connectivity index (χ2n) is 6.27. The number of nitrogens with zero attached hydrogens (tertiary/aromatic N) is 2. The Morgan fingerprint density at radius 3 is 2.74 bits per heavy atom. The molecule has 0 radical (unpaired) electrons. The molecular weight excluding hydrogens is 290 g/mol. The fourth-order valence-electron chi connectivity index (χ4n) is 2.88.